The van der Waals surface area contributed by atoms with Gasteiger partial charge in [-0.2, -0.15) is 5.10 Å². The highest BCUT2D eigenvalue weighted by Crippen LogP contribution is 2.34. The Labute approximate surface area is 238 Å². The van der Waals surface area contributed by atoms with Crippen molar-refractivity contribution in [2.75, 3.05) is 6.61 Å². The maximum atomic E-state index is 13.4. The van der Waals surface area contributed by atoms with Gasteiger partial charge in [-0.05, 0) is 67.3 Å². The van der Waals surface area contributed by atoms with Gasteiger partial charge in [0.2, 0.25) is 0 Å². The number of esters is 1. The van der Waals surface area contributed by atoms with E-state index in [-0.39, 0.29) is 5.91 Å². The molecule has 0 unspecified atom stereocenters. The zero-order valence-electron chi connectivity index (χ0n) is 23.2. The minimum absolute atomic E-state index is 0.303. The summed E-state index contributed by atoms with van der Waals surface area (Å²) in [5.74, 6) is -0.121. The molecular weight excluding hydrogens is 514 g/mol. The highest BCUT2D eigenvalue weighted by molar-refractivity contribution is 6.10. The van der Waals surface area contributed by atoms with E-state index in [2.05, 4.69) is 28.5 Å². The normalized spacial score (nSPS) is 11.1. The molecule has 7 nitrogen and oxygen atoms in total. The van der Waals surface area contributed by atoms with Gasteiger partial charge in [-0.25, -0.2) is 10.2 Å². The Morgan fingerprint density at radius 3 is 2.46 bits per heavy atom. The summed E-state index contributed by atoms with van der Waals surface area (Å²) in [5.41, 5.74) is 9.04. The first-order valence-electron chi connectivity index (χ1n) is 13.6. The van der Waals surface area contributed by atoms with E-state index in [0.717, 1.165) is 39.6 Å². The lowest BCUT2D eigenvalue weighted by molar-refractivity contribution is 0.0728. The summed E-state index contributed by atoms with van der Waals surface area (Å²) >= 11 is 0. The molecule has 206 valence electrons. The fourth-order valence-corrected chi connectivity index (χ4v) is 4.76. The van der Waals surface area contributed by atoms with Gasteiger partial charge in [-0.3, -0.25) is 4.79 Å². The molecule has 0 atom stereocenters. The molecule has 0 aliphatic carbocycles. The van der Waals surface area contributed by atoms with Crippen LogP contribution in [-0.2, 0) is 6.42 Å². The highest BCUT2D eigenvalue weighted by atomic mass is 16.6. The Hall–Kier alpha value is -5.17. The second kappa shape index (κ2) is 12.3. The Balaban J connectivity index is 1.38. The third-order valence-corrected chi connectivity index (χ3v) is 6.69. The van der Waals surface area contributed by atoms with Gasteiger partial charge in [0.1, 0.15) is 5.69 Å². The van der Waals surface area contributed by atoms with Gasteiger partial charge in [0, 0.05) is 16.5 Å². The molecule has 2 N–H and O–H groups in total. The molecule has 1 heterocycles. The second-order valence-corrected chi connectivity index (χ2v) is 9.53. The number of carbonyl (C=O) groups is 2. The Kier molecular flexibility index (Phi) is 8.25. The van der Waals surface area contributed by atoms with E-state index in [1.807, 2.05) is 68.4 Å². The number of aromatic amines is 1. The van der Waals surface area contributed by atoms with Crippen LogP contribution in [0.25, 0.3) is 22.0 Å². The van der Waals surface area contributed by atoms with Crippen LogP contribution in [0.2, 0.25) is 0 Å². The molecule has 7 heteroatoms. The summed E-state index contributed by atoms with van der Waals surface area (Å²) in [6.07, 6.45) is 2.36. The number of nitrogens with zero attached hydrogens (tertiary/aromatic N) is 1. The number of aromatic nitrogens is 1. The predicted molar refractivity (Wildman–Crippen MR) is 162 cm³/mol. The number of hydrogen-bond donors (Lipinski definition) is 2. The zero-order chi connectivity index (χ0) is 28.8. The minimum Gasteiger partial charge on any atom is -0.490 e. The molecule has 0 saturated carbocycles. The number of aryl methyl sites for hydroxylation is 2. The van der Waals surface area contributed by atoms with Crippen molar-refractivity contribution in [3.05, 3.63) is 119 Å². The monoisotopic (exact) mass is 545 g/mol. The van der Waals surface area contributed by atoms with Crippen molar-refractivity contribution in [1.82, 2.24) is 10.4 Å². The number of carbonyl (C=O) groups excluding carboxylic acids is 2. The molecule has 1 aromatic heterocycles. The smallest absolute Gasteiger partial charge is 0.343 e. The average Bonchev–Trinajstić information content (AvgIpc) is 3.39. The first-order valence-corrected chi connectivity index (χ1v) is 13.6. The van der Waals surface area contributed by atoms with Crippen molar-refractivity contribution < 1.29 is 19.1 Å². The number of benzene rings is 4. The van der Waals surface area contributed by atoms with Crippen LogP contribution in [0.5, 0.6) is 11.5 Å². The van der Waals surface area contributed by atoms with Crippen molar-refractivity contribution in [3.8, 4) is 22.6 Å². The minimum atomic E-state index is -0.470. The van der Waals surface area contributed by atoms with E-state index in [9.17, 15) is 9.59 Å². The lowest BCUT2D eigenvalue weighted by atomic mass is 10.00. The van der Waals surface area contributed by atoms with Crippen LogP contribution in [0.4, 0.5) is 0 Å². The number of ether oxygens (including phenoxy) is 2. The predicted octanol–water partition coefficient (Wildman–Crippen LogP) is 7.09. The van der Waals surface area contributed by atoms with E-state index < -0.39 is 5.97 Å². The van der Waals surface area contributed by atoms with E-state index in [1.54, 1.807) is 30.3 Å². The molecule has 0 fully saturated rings. The van der Waals surface area contributed by atoms with Crippen LogP contribution < -0.4 is 14.9 Å². The molecular formula is C34H31N3O4. The lowest BCUT2D eigenvalue weighted by Crippen LogP contribution is -2.19. The SMILES string of the molecule is CCOc1cc(C=NNC(=O)c2[nH]c3c(CC)cccc3c2-c2ccccc2)ccc1OC(=O)c1cccc(C)c1. The largest absolute Gasteiger partial charge is 0.490 e. The number of hydrazone groups is 1. The number of amides is 1. The molecule has 1 amide bonds. The number of para-hydroxylation sites is 1. The highest BCUT2D eigenvalue weighted by Gasteiger charge is 2.20. The molecule has 0 spiro atoms. The summed E-state index contributed by atoms with van der Waals surface area (Å²) in [4.78, 5) is 29.4. The fourth-order valence-electron chi connectivity index (χ4n) is 4.76. The number of hydrogen-bond acceptors (Lipinski definition) is 5. The van der Waals surface area contributed by atoms with E-state index in [4.69, 9.17) is 9.47 Å². The molecule has 0 radical (unpaired) electrons. The number of nitrogens with one attached hydrogen (secondary N) is 2. The average molecular weight is 546 g/mol. The lowest BCUT2D eigenvalue weighted by Gasteiger charge is -2.11. The van der Waals surface area contributed by atoms with E-state index >= 15 is 0 Å². The van der Waals surface area contributed by atoms with Crippen molar-refractivity contribution in [3.63, 3.8) is 0 Å². The van der Waals surface area contributed by atoms with Gasteiger partial charge in [0.15, 0.2) is 11.5 Å². The Morgan fingerprint density at radius 1 is 0.902 bits per heavy atom. The van der Waals surface area contributed by atoms with Crippen molar-refractivity contribution >= 4 is 29.0 Å². The second-order valence-electron chi connectivity index (χ2n) is 9.53. The summed E-state index contributed by atoms with van der Waals surface area (Å²) in [6, 6.07) is 28.2. The van der Waals surface area contributed by atoms with Gasteiger partial charge in [0.05, 0.1) is 18.4 Å². The first kappa shape index (κ1) is 27.4. The van der Waals surface area contributed by atoms with Crippen LogP contribution in [0.1, 0.15) is 51.4 Å². The summed E-state index contributed by atoms with van der Waals surface area (Å²) in [6.45, 7) is 6.24. The first-order chi connectivity index (χ1) is 20.0. The van der Waals surface area contributed by atoms with Crippen molar-refractivity contribution in [2.24, 2.45) is 5.10 Å². The molecule has 0 saturated heterocycles. The number of fused-ring (bicyclic) bond motifs is 1. The molecule has 0 bridgehead atoms. The van der Waals surface area contributed by atoms with Gasteiger partial charge in [-0.15, -0.1) is 0 Å². The molecule has 41 heavy (non-hydrogen) atoms. The summed E-state index contributed by atoms with van der Waals surface area (Å²) in [7, 11) is 0. The molecule has 5 aromatic rings. The van der Waals surface area contributed by atoms with Crippen LogP contribution >= 0.6 is 0 Å². The van der Waals surface area contributed by atoms with Crippen molar-refractivity contribution in [1.29, 1.82) is 0 Å². The van der Waals surface area contributed by atoms with Crippen LogP contribution in [0.15, 0.2) is 96.1 Å². The number of H-pyrrole nitrogens is 1. The quantitative estimate of drug-likeness (QED) is 0.0895. The zero-order valence-corrected chi connectivity index (χ0v) is 23.2. The third-order valence-electron chi connectivity index (χ3n) is 6.69. The molecule has 0 aliphatic heterocycles. The van der Waals surface area contributed by atoms with Crippen LogP contribution in [0, 0.1) is 6.92 Å². The maximum absolute atomic E-state index is 13.4. The van der Waals surface area contributed by atoms with Gasteiger partial charge in [-0.1, -0.05) is 73.2 Å². The van der Waals surface area contributed by atoms with E-state index in [1.165, 1.54) is 6.21 Å². The standard InChI is InChI=1S/C34H31N3O4/c1-4-24-14-10-16-27-30(25-12-7-6-8-13-25)32(36-31(24)27)33(38)37-35-21-23-17-18-28(29(20-23)40-5-2)41-34(39)26-15-9-11-22(3)19-26/h6-21,36H,4-5H2,1-3H3,(H,37,38). The third kappa shape index (κ3) is 6.04. The Bertz CT molecular complexity index is 1740. The maximum Gasteiger partial charge on any atom is 0.343 e. The fraction of sp³-hybridized carbons (Fsp3) is 0.147. The van der Waals surface area contributed by atoms with Gasteiger partial charge in [0.25, 0.3) is 5.91 Å². The Morgan fingerprint density at radius 2 is 1.71 bits per heavy atom. The molecule has 5 rings (SSSR count). The molecule has 4 aromatic carbocycles. The van der Waals surface area contributed by atoms with Crippen LogP contribution in [-0.4, -0.2) is 29.7 Å². The summed E-state index contributed by atoms with van der Waals surface area (Å²) in [5, 5.41) is 5.19. The van der Waals surface area contributed by atoms with Crippen LogP contribution in [0.3, 0.4) is 0 Å². The van der Waals surface area contributed by atoms with Gasteiger partial charge < -0.3 is 14.5 Å². The van der Waals surface area contributed by atoms with Gasteiger partial charge >= 0.3 is 5.97 Å². The molecule has 0 aliphatic rings. The van der Waals surface area contributed by atoms with E-state index in [0.29, 0.717) is 34.9 Å². The topological polar surface area (TPSA) is 92.8 Å². The number of rotatable bonds is 9. The summed E-state index contributed by atoms with van der Waals surface area (Å²) < 4.78 is 11.3. The van der Waals surface area contributed by atoms with Crippen molar-refractivity contribution in [2.45, 2.75) is 27.2 Å².